The van der Waals surface area contributed by atoms with Crippen LogP contribution in [0.3, 0.4) is 0 Å². The number of nitrogens with zero attached hydrogens (tertiary/aromatic N) is 1. The summed E-state index contributed by atoms with van der Waals surface area (Å²) in [6, 6.07) is 20.8. The Kier molecular flexibility index (Phi) is 8.15. The highest BCUT2D eigenvalue weighted by Gasteiger charge is 2.06. The zero-order valence-electron chi connectivity index (χ0n) is 17.3. The molecule has 1 atom stereocenters. The number of hydrogen-bond acceptors (Lipinski definition) is 5. The molecule has 0 aliphatic carbocycles. The minimum absolute atomic E-state index is 0.0828. The first-order valence-electron chi connectivity index (χ1n) is 10.1. The van der Waals surface area contributed by atoms with Gasteiger partial charge in [0.25, 0.3) is 0 Å². The maximum Gasteiger partial charge on any atom is 0.0933 e. The fraction of sp³-hybridized carbons (Fsp3) is 0.240. The van der Waals surface area contributed by atoms with E-state index in [9.17, 15) is 0 Å². The summed E-state index contributed by atoms with van der Waals surface area (Å²) in [5.41, 5.74) is 8.83. The van der Waals surface area contributed by atoms with E-state index in [2.05, 4.69) is 83.9 Å². The molecule has 5 heteroatoms. The van der Waals surface area contributed by atoms with E-state index >= 15 is 0 Å². The molecule has 2 aromatic carbocycles. The number of benzene rings is 2. The first kappa shape index (κ1) is 21.7. The van der Waals surface area contributed by atoms with E-state index in [1.165, 1.54) is 5.56 Å². The van der Waals surface area contributed by atoms with Crippen molar-refractivity contribution in [1.29, 1.82) is 0 Å². The second-order valence-electron chi connectivity index (χ2n) is 7.30. The van der Waals surface area contributed by atoms with Gasteiger partial charge in [-0.1, -0.05) is 61.2 Å². The molecule has 3 aromatic rings. The summed E-state index contributed by atoms with van der Waals surface area (Å²) in [6.07, 6.45) is 4.21. The standard InChI is InChI=1S/C25H29N3O2/c1-19(29)13-15-27-16-21-5-9-23(10-6-21)20(2)28-30-18-22-7-11-24(12-8-22)25-4-3-14-26-17-25/h3-12,14,17,20,27-29H,1,13,15-16,18H2,2H3. The second kappa shape index (κ2) is 11.3. The molecule has 30 heavy (non-hydrogen) atoms. The Morgan fingerprint density at radius 2 is 1.77 bits per heavy atom. The molecular formula is C25H29N3O2. The fourth-order valence-electron chi connectivity index (χ4n) is 3.03. The molecule has 0 saturated heterocycles. The molecule has 1 unspecified atom stereocenters. The van der Waals surface area contributed by atoms with Crippen LogP contribution in [0, 0.1) is 0 Å². The van der Waals surface area contributed by atoms with E-state index in [-0.39, 0.29) is 11.8 Å². The van der Waals surface area contributed by atoms with Crippen LogP contribution in [0.25, 0.3) is 11.1 Å². The highest BCUT2D eigenvalue weighted by atomic mass is 16.6. The number of nitrogens with one attached hydrogen (secondary N) is 2. The summed E-state index contributed by atoms with van der Waals surface area (Å²) >= 11 is 0. The van der Waals surface area contributed by atoms with Gasteiger partial charge in [0.2, 0.25) is 0 Å². The van der Waals surface area contributed by atoms with Crippen LogP contribution in [0.4, 0.5) is 0 Å². The Morgan fingerprint density at radius 3 is 2.43 bits per heavy atom. The van der Waals surface area contributed by atoms with Gasteiger partial charge in [0.1, 0.15) is 0 Å². The molecule has 0 fully saturated rings. The first-order valence-corrected chi connectivity index (χ1v) is 10.1. The summed E-state index contributed by atoms with van der Waals surface area (Å²) in [7, 11) is 0. The number of rotatable bonds is 11. The molecule has 0 radical (unpaired) electrons. The molecule has 1 aromatic heterocycles. The van der Waals surface area contributed by atoms with Gasteiger partial charge >= 0.3 is 0 Å². The fourth-order valence-corrected chi connectivity index (χ4v) is 3.03. The zero-order valence-corrected chi connectivity index (χ0v) is 17.3. The normalized spacial score (nSPS) is 11.9. The lowest BCUT2D eigenvalue weighted by molar-refractivity contribution is 0.00698. The highest BCUT2D eigenvalue weighted by molar-refractivity contribution is 5.62. The molecule has 0 aliphatic heterocycles. The minimum atomic E-state index is 0.0828. The Hall–Kier alpha value is -2.99. The van der Waals surface area contributed by atoms with Gasteiger partial charge in [0.15, 0.2) is 0 Å². The van der Waals surface area contributed by atoms with Crippen LogP contribution < -0.4 is 10.8 Å². The lowest BCUT2D eigenvalue weighted by Crippen LogP contribution is -2.19. The number of hydroxylamine groups is 1. The van der Waals surface area contributed by atoms with Crippen molar-refractivity contribution in [3.8, 4) is 11.1 Å². The monoisotopic (exact) mass is 403 g/mol. The summed E-state index contributed by atoms with van der Waals surface area (Å²) in [5.74, 6) is 0.210. The number of aliphatic hydroxyl groups excluding tert-OH is 1. The Bertz CT molecular complexity index is 909. The van der Waals surface area contributed by atoms with Gasteiger partial charge in [-0.05, 0) is 40.8 Å². The van der Waals surface area contributed by atoms with Crippen molar-refractivity contribution in [2.45, 2.75) is 32.5 Å². The lowest BCUT2D eigenvalue weighted by Gasteiger charge is -2.15. The molecule has 0 aliphatic rings. The van der Waals surface area contributed by atoms with E-state index in [1.807, 2.05) is 12.3 Å². The van der Waals surface area contributed by atoms with Gasteiger partial charge in [-0.3, -0.25) is 9.82 Å². The van der Waals surface area contributed by atoms with Crippen LogP contribution >= 0.6 is 0 Å². The quantitative estimate of drug-likeness (QED) is 0.237. The predicted octanol–water partition coefficient (Wildman–Crippen LogP) is 5.08. The number of aromatic nitrogens is 1. The van der Waals surface area contributed by atoms with Crippen LogP contribution in [-0.2, 0) is 18.0 Å². The molecule has 156 valence electrons. The molecule has 3 N–H and O–H groups in total. The third kappa shape index (κ3) is 6.81. The Balaban J connectivity index is 1.42. The SMILES string of the molecule is C=C(O)CCNCc1ccc(C(C)NOCc2ccc(-c3cccnc3)cc2)cc1. The topological polar surface area (TPSA) is 66.4 Å². The maximum atomic E-state index is 9.09. The average Bonchev–Trinajstić information content (AvgIpc) is 2.78. The van der Waals surface area contributed by atoms with E-state index in [4.69, 9.17) is 9.94 Å². The lowest BCUT2D eigenvalue weighted by atomic mass is 10.1. The van der Waals surface area contributed by atoms with Gasteiger partial charge in [-0.2, -0.15) is 5.48 Å². The van der Waals surface area contributed by atoms with Crippen LogP contribution in [0.15, 0.2) is 85.4 Å². The Labute approximate surface area is 178 Å². The molecule has 0 bridgehead atoms. The molecular weight excluding hydrogens is 374 g/mol. The molecule has 0 amide bonds. The average molecular weight is 404 g/mol. The largest absolute Gasteiger partial charge is 0.513 e. The van der Waals surface area contributed by atoms with E-state index < -0.39 is 0 Å². The van der Waals surface area contributed by atoms with Gasteiger partial charge < -0.3 is 10.4 Å². The maximum absolute atomic E-state index is 9.09. The molecule has 3 rings (SSSR count). The Morgan fingerprint density at radius 1 is 1.03 bits per heavy atom. The third-order valence-electron chi connectivity index (χ3n) is 4.85. The summed E-state index contributed by atoms with van der Waals surface area (Å²) in [5, 5.41) is 12.4. The van der Waals surface area contributed by atoms with Crippen molar-refractivity contribution in [2.75, 3.05) is 6.54 Å². The van der Waals surface area contributed by atoms with Crippen LogP contribution in [0.1, 0.15) is 36.1 Å². The van der Waals surface area contributed by atoms with Crippen molar-refractivity contribution in [3.63, 3.8) is 0 Å². The molecule has 5 nitrogen and oxygen atoms in total. The zero-order chi connectivity index (χ0) is 21.2. The number of pyridine rings is 1. The predicted molar refractivity (Wildman–Crippen MR) is 121 cm³/mol. The second-order valence-corrected chi connectivity index (χ2v) is 7.30. The highest BCUT2D eigenvalue weighted by Crippen LogP contribution is 2.19. The third-order valence-corrected chi connectivity index (χ3v) is 4.85. The van der Waals surface area contributed by atoms with E-state index in [0.717, 1.165) is 28.8 Å². The van der Waals surface area contributed by atoms with Crippen molar-refractivity contribution in [1.82, 2.24) is 15.8 Å². The van der Waals surface area contributed by atoms with Crippen molar-refractivity contribution in [3.05, 3.63) is 102 Å². The van der Waals surface area contributed by atoms with Gasteiger partial charge in [-0.15, -0.1) is 0 Å². The van der Waals surface area contributed by atoms with Crippen LogP contribution in [0.2, 0.25) is 0 Å². The number of aliphatic hydroxyl groups is 1. The van der Waals surface area contributed by atoms with Gasteiger partial charge in [0.05, 0.1) is 18.4 Å². The number of hydrogen-bond donors (Lipinski definition) is 3. The summed E-state index contributed by atoms with van der Waals surface area (Å²) < 4.78 is 0. The van der Waals surface area contributed by atoms with Crippen LogP contribution in [0.5, 0.6) is 0 Å². The smallest absolute Gasteiger partial charge is 0.0933 e. The van der Waals surface area contributed by atoms with Gasteiger partial charge in [0, 0.05) is 31.9 Å². The van der Waals surface area contributed by atoms with Crippen molar-refractivity contribution in [2.24, 2.45) is 0 Å². The summed E-state index contributed by atoms with van der Waals surface area (Å²) in [4.78, 5) is 9.87. The molecule has 0 saturated carbocycles. The van der Waals surface area contributed by atoms with Crippen LogP contribution in [-0.4, -0.2) is 16.6 Å². The molecule has 1 heterocycles. The first-order chi connectivity index (χ1) is 14.6. The minimum Gasteiger partial charge on any atom is -0.513 e. The van der Waals surface area contributed by atoms with Gasteiger partial charge in [-0.25, -0.2) is 0 Å². The van der Waals surface area contributed by atoms with E-state index in [1.54, 1.807) is 6.20 Å². The molecule has 0 spiro atoms. The summed E-state index contributed by atoms with van der Waals surface area (Å²) in [6.45, 7) is 7.54. The van der Waals surface area contributed by atoms with Crippen molar-refractivity contribution < 1.29 is 9.94 Å². The van der Waals surface area contributed by atoms with Crippen molar-refractivity contribution >= 4 is 0 Å². The van der Waals surface area contributed by atoms with E-state index in [0.29, 0.717) is 19.6 Å².